The van der Waals surface area contributed by atoms with Crippen molar-refractivity contribution in [1.29, 1.82) is 0 Å². The second-order valence-electron chi connectivity index (χ2n) is 5.29. The van der Waals surface area contributed by atoms with E-state index in [2.05, 4.69) is 15.1 Å². The van der Waals surface area contributed by atoms with Crippen molar-refractivity contribution in [3.63, 3.8) is 0 Å². The van der Waals surface area contributed by atoms with E-state index >= 15 is 0 Å². The van der Waals surface area contributed by atoms with Gasteiger partial charge in [0.2, 0.25) is 0 Å². The van der Waals surface area contributed by atoms with Crippen LogP contribution in [0.1, 0.15) is 16.9 Å². The number of furan rings is 1. The summed E-state index contributed by atoms with van der Waals surface area (Å²) in [6, 6.07) is 11.4. The van der Waals surface area contributed by atoms with Gasteiger partial charge in [-0.2, -0.15) is 4.99 Å². The number of nitrogens with two attached hydrogens (primary N) is 2. The molecule has 4 N–H and O–H groups in total. The summed E-state index contributed by atoms with van der Waals surface area (Å²) < 4.78 is 5.05. The van der Waals surface area contributed by atoms with Gasteiger partial charge in [0.25, 0.3) is 11.7 Å². The Balaban J connectivity index is 1.74. The van der Waals surface area contributed by atoms with Crippen molar-refractivity contribution in [2.45, 2.75) is 6.54 Å². The van der Waals surface area contributed by atoms with E-state index in [0.29, 0.717) is 24.0 Å². The van der Waals surface area contributed by atoms with Gasteiger partial charge in [-0.05, 0) is 33.6 Å². The number of hydrogen-bond acceptors (Lipinski definition) is 6. The molecule has 2 aliphatic heterocycles. The lowest BCUT2D eigenvalue weighted by Crippen LogP contribution is -2.50. The van der Waals surface area contributed by atoms with Crippen LogP contribution in [0.4, 0.5) is 0 Å². The van der Waals surface area contributed by atoms with Gasteiger partial charge in [-0.1, -0.05) is 18.2 Å². The van der Waals surface area contributed by atoms with E-state index in [1.165, 1.54) is 0 Å². The Morgan fingerprint density at radius 1 is 1.17 bits per heavy atom. The first kappa shape index (κ1) is 13.8. The summed E-state index contributed by atoms with van der Waals surface area (Å²) in [5.74, 6) is 7.91. The van der Waals surface area contributed by atoms with Crippen LogP contribution in [0.25, 0.3) is 5.70 Å². The lowest BCUT2D eigenvalue weighted by Gasteiger charge is -2.19. The van der Waals surface area contributed by atoms with Crippen molar-refractivity contribution < 1.29 is 9.12 Å². The maximum absolute atomic E-state index is 6.34. The average Bonchev–Trinajstić information content (AvgIpc) is 3.20. The molecule has 1 atom stereocenters. The molecule has 0 amide bonds. The molecular formula is C16H15N6O+. The Hall–Kier alpha value is -2.87. The zero-order chi connectivity index (χ0) is 15.9. The van der Waals surface area contributed by atoms with E-state index in [4.69, 9.17) is 16.0 Å². The molecule has 0 fully saturated rings. The summed E-state index contributed by atoms with van der Waals surface area (Å²) >= 11 is 0. The number of fused-ring (bicyclic) bond motifs is 1. The van der Waals surface area contributed by atoms with Crippen LogP contribution in [0.5, 0.6) is 0 Å². The first-order chi connectivity index (χ1) is 11.2. The zero-order valence-electron chi connectivity index (χ0n) is 12.3. The molecule has 1 aromatic heterocycles. The fourth-order valence-electron chi connectivity index (χ4n) is 2.50. The molecule has 7 heteroatoms. The average molecular weight is 307 g/mol. The quantitative estimate of drug-likeness (QED) is 0.664. The predicted molar refractivity (Wildman–Crippen MR) is 87.9 cm³/mol. The van der Waals surface area contributed by atoms with Gasteiger partial charge in [0, 0.05) is 12.1 Å². The highest BCUT2D eigenvalue weighted by molar-refractivity contribution is 6.32. The van der Waals surface area contributed by atoms with Gasteiger partial charge in [0.1, 0.15) is 11.9 Å². The minimum atomic E-state index is -0.276. The number of rotatable bonds is 3. The van der Waals surface area contributed by atoms with Gasteiger partial charge < -0.3 is 10.2 Å². The highest BCUT2D eigenvalue weighted by atomic mass is 16.3. The van der Waals surface area contributed by atoms with Gasteiger partial charge in [-0.3, -0.25) is 0 Å². The minimum absolute atomic E-state index is 0.276. The fraction of sp³-hybridized carbons (Fsp3) is 0.0625. The van der Waals surface area contributed by atoms with Crippen LogP contribution in [-0.2, 0) is 6.54 Å². The summed E-state index contributed by atoms with van der Waals surface area (Å²) in [6.07, 6.45) is 4.96. The van der Waals surface area contributed by atoms with Crippen LogP contribution in [0, 0.1) is 0 Å². The molecule has 0 radical (unpaired) electrons. The van der Waals surface area contributed by atoms with Crippen LogP contribution in [-0.4, -0.2) is 22.6 Å². The molecule has 1 unspecified atom stereocenters. The molecule has 0 bridgehead atoms. The molecule has 114 valence electrons. The monoisotopic (exact) mass is 307 g/mol. The van der Waals surface area contributed by atoms with E-state index < -0.39 is 0 Å². The van der Waals surface area contributed by atoms with Crippen molar-refractivity contribution in [2.24, 2.45) is 26.7 Å². The number of nitrogens with zero attached hydrogens (tertiary/aromatic N) is 4. The topological polar surface area (TPSA) is 102 Å². The van der Waals surface area contributed by atoms with Crippen LogP contribution >= 0.6 is 0 Å². The third kappa shape index (κ3) is 2.33. The molecule has 23 heavy (non-hydrogen) atoms. The Bertz CT molecular complexity index is 878. The van der Waals surface area contributed by atoms with Crippen molar-refractivity contribution in [2.75, 3.05) is 0 Å². The van der Waals surface area contributed by atoms with Crippen LogP contribution < -0.4 is 11.6 Å². The molecule has 0 saturated heterocycles. The maximum atomic E-state index is 6.34. The van der Waals surface area contributed by atoms with Crippen molar-refractivity contribution in [3.05, 3.63) is 65.7 Å². The van der Waals surface area contributed by atoms with E-state index in [1.54, 1.807) is 30.8 Å². The van der Waals surface area contributed by atoms with Gasteiger partial charge in [0.05, 0.1) is 6.26 Å². The second-order valence-corrected chi connectivity index (χ2v) is 5.29. The fourth-order valence-corrected chi connectivity index (χ4v) is 2.50. The molecule has 3 heterocycles. The van der Waals surface area contributed by atoms with Crippen molar-refractivity contribution >= 4 is 23.6 Å². The Kier molecular flexibility index (Phi) is 3.05. The van der Waals surface area contributed by atoms with Crippen LogP contribution in [0.3, 0.4) is 0 Å². The van der Waals surface area contributed by atoms with Gasteiger partial charge in [-0.15, -0.1) is 5.84 Å². The lowest BCUT2D eigenvalue weighted by atomic mass is 10.1. The molecule has 2 aliphatic rings. The Morgan fingerprint density at radius 2 is 2.09 bits per heavy atom. The van der Waals surface area contributed by atoms with Gasteiger partial charge in [0.15, 0.2) is 12.0 Å². The summed E-state index contributed by atoms with van der Waals surface area (Å²) in [5, 5.41) is 4.44. The molecular weight excluding hydrogens is 292 g/mol. The number of aliphatic imine (C=N–C) groups is 2. The smallest absolute Gasteiger partial charge is 0.300 e. The molecule has 0 saturated carbocycles. The predicted octanol–water partition coefficient (Wildman–Crippen LogP) is 1.59. The molecule has 2 aromatic rings. The molecule has 1 aromatic carbocycles. The Morgan fingerprint density at radius 3 is 2.87 bits per heavy atom. The van der Waals surface area contributed by atoms with E-state index in [9.17, 15) is 0 Å². The SMILES string of the molecule is NCc1cccc(C2=C[N+]3(N)N=C(c4ccco4)N=C3C=N2)c1. The number of hydrogen-bond donors (Lipinski definition) is 2. The number of benzene rings is 1. The Labute approximate surface area is 132 Å². The summed E-state index contributed by atoms with van der Waals surface area (Å²) in [7, 11) is 0. The van der Waals surface area contributed by atoms with Crippen molar-refractivity contribution in [1.82, 2.24) is 0 Å². The molecule has 7 nitrogen and oxygen atoms in total. The van der Waals surface area contributed by atoms with Gasteiger partial charge in [-0.25, -0.2) is 4.99 Å². The van der Waals surface area contributed by atoms with E-state index in [-0.39, 0.29) is 4.70 Å². The normalized spacial score (nSPS) is 22.4. The third-order valence-corrected chi connectivity index (χ3v) is 3.69. The molecule has 0 aliphatic carbocycles. The van der Waals surface area contributed by atoms with Crippen LogP contribution in [0.15, 0.2) is 68.4 Å². The number of amidine groups is 2. The highest BCUT2D eigenvalue weighted by Crippen LogP contribution is 2.26. The minimum Gasteiger partial charge on any atom is -0.461 e. The number of quaternary nitrogens is 1. The highest BCUT2D eigenvalue weighted by Gasteiger charge is 2.40. The van der Waals surface area contributed by atoms with E-state index in [0.717, 1.165) is 16.8 Å². The second kappa shape index (κ2) is 5.10. The summed E-state index contributed by atoms with van der Waals surface area (Å²) in [5.41, 5.74) is 8.39. The van der Waals surface area contributed by atoms with Gasteiger partial charge >= 0.3 is 0 Å². The van der Waals surface area contributed by atoms with E-state index in [1.807, 2.05) is 24.3 Å². The van der Waals surface area contributed by atoms with Crippen molar-refractivity contribution in [3.8, 4) is 0 Å². The lowest BCUT2D eigenvalue weighted by molar-refractivity contribution is -0.802. The first-order valence-corrected chi connectivity index (χ1v) is 7.15. The summed E-state index contributed by atoms with van der Waals surface area (Å²) in [6.45, 7) is 0.473. The maximum Gasteiger partial charge on any atom is 0.300 e. The molecule has 0 spiro atoms. The summed E-state index contributed by atoms with van der Waals surface area (Å²) in [4.78, 5) is 8.84. The zero-order valence-corrected chi connectivity index (χ0v) is 12.3. The third-order valence-electron chi connectivity index (χ3n) is 3.69. The first-order valence-electron chi connectivity index (χ1n) is 7.15. The van der Waals surface area contributed by atoms with Crippen LogP contribution in [0.2, 0.25) is 0 Å². The largest absolute Gasteiger partial charge is 0.461 e. The molecule has 4 rings (SSSR count). The standard InChI is InChI=1S/C16H15N6O/c17-8-11-3-1-4-12(7-11)13-10-22(18)15(9-19-13)20-16(21-22)14-5-2-6-23-14/h1-7,9-10H,8,17-18H2/q+1.